The molecule has 5 heteroatoms. The van der Waals surface area contributed by atoms with Gasteiger partial charge in [0, 0.05) is 0 Å². The van der Waals surface area contributed by atoms with Gasteiger partial charge in [0.2, 0.25) is 0 Å². The van der Waals surface area contributed by atoms with Crippen LogP contribution in [-0.4, -0.2) is 30.8 Å². The average molecular weight is 231 g/mol. The minimum Gasteiger partial charge on any atom is -0.464 e. The number of hydrogen-bond acceptors (Lipinski definition) is 4. The molecular formula is C11H21NO4. The second-order valence-corrected chi connectivity index (χ2v) is 4.93. The van der Waals surface area contributed by atoms with Crippen molar-refractivity contribution in [3.8, 4) is 0 Å². The number of rotatable bonds is 4. The fourth-order valence-electron chi connectivity index (χ4n) is 0.769. The molecule has 0 aliphatic rings. The number of hydrogen-bond donors (Lipinski definition) is 1. The Morgan fingerprint density at radius 3 is 2.25 bits per heavy atom. The molecule has 0 fully saturated rings. The molecule has 94 valence electrons. The van der Waals surface area contributed by atoms with Gasteiger partial charge in [0.05, 0.1) is 6.61 Å². The van der Waals surface area contributed by atoms with E-state index in [1.807, 2.05) is 13.8 Å². The maximum absolute atomic E-state index is 11.2. The van der Waals surface area contributed by atoms with Gasteiger partial charge in [0.15, 0.2) is 0 Å². The summed E-state index contributed by atoms with van der Waals surface area (Å²) in [5, 5.41) is 2.33. The minimum atomic E-state index is -0.617. The summed E-state index contributed by atoms with van der Waals surface area (Å²) in [4.78, 5) is 22.3. The Labute approximate surface area is 96.5 Å². The molecule has 5 nitrogen and oxygen atoms in total. The lowest BCUT2D eigenvalue weighted by atomic mass is 10.2. The van der Waals surface area contributed by atoms with Gasteiger partial charge in [-0.1, -0.05) is 13.8 Å². The molecule has 0 unspecified atom stereocenters. The van der Waals surface area contributed by atoms with E-state index in [0.717, 1.165) is 0 Å². The Balaban J connectivity index is 3.72. The first-order valence-corrected chi connectivity index (χ1v) is 5.33. The zero-order chi connectivity index (χ0) is 12.8. The Hall–Kier alpha value is -1.26. The van der Waals surface area contributed by atoms with Crippen LogP contribution in [0.4, 0.5) is 4.79 Å². The van der Waals surface area contributed by atoms with Crippen LogP contribution in [-0.2, 0) is 14.3 Å². The molecule has 0 saturated carbocycles. The number of ether oxygens (including phenoxy) is 2. The summed E-state index contributed by atoms with van der Waals surface area (Å²) in [6.45, 7) is 9.33. The molecule has 0 aliphatic carbocycles. The topological polar surface area (TPSA) is 64.6 Å². The molecule has 0 saturated heterocycles. The maximum atomic E-state index is 11.2. The highest BCUT2D eigenvalue weighted by Crippen LogP contribution is 2.06. The molecule has 0 aromatic rings. The lowest BCUT2D eigenvalue weighted by molar-refractivity contribution is -0.143. The van der Waals surface area contributed by atoms with Gasteiger partial charge in [0.25, 0.3) is 0 Å². The lowest BCUT2D eigenvalue weighted by Gasteiger charge is -2.19. The van der Waals surface area contributed by atoms with Crippen LogP contribution in [0.5, 0.6) is 0 Å². The van der Waals surface area contributed by atoms with Crippen LogP contribution < -0.4 is 5.32 Å². The summed E-state index contributed by atoms with van der Waals surface area (Å²) in [6.07, 6.45) is -0.617. The highest BCUT2D eigenvalue weighted by Gasteiger charge is 2.16. The first-order chi connectivity index (χ1) is 7.20. The van der Waals surface area contributed by atoms with Crippen molar-refractivity contribution in [2.24, 2.45) is 5.92 Å². The Morgan fingerprint density at radius 1 is 1.25 bits per heavy atom. The number of esters is 1. The monoisotopic (exact) mass is 231 g/mol. The minimum absolute atomic E-state index is 0.165. The van der Waals surface area contributed by atoms with E-state index in [1.54, 1.807) is 20.8 Å². The SMILES string of the molecule is CC(C)COC(=O)CNC(=O)OC(C)(C)C. The standard InChI is InChI=1S/C11H21NO4/c1-8(2)7-15-9(13)6-12-10(14)16-11(3,4)5/h8H,6-7H2,1-5H3,(H,12,14). The normalized spacial score (nSPS) is 11.1. The van der Waals surface area contributed by atoms with Crippen molar-refractivity contribution in [2.45, 2.75) is 40.2 Å². The third-order valence-electron chi connectivity index (χ3n) is 1.35. The van der Waals surface area contributed by atoms with Gasteiger partial charge in [-0.25, -0.2) is 4.79 Å². The summed E-state index contributed by atoms with van der Waals surface area (Å²) >= 11 is 0. The van der Waals surface area contributed by atoms with E-state index in [0.29, 0.717) is 6.61 Å². The average Bonchev–Trinajstić information content (AvgIpc) is 2.08. The van der Waals surface area contributed by atoms with E-state index < -0.39 is 17.7 Å². The molecule has 0 rings (SSSR count). The summed E-state index contributed by atoms with van der Waals surface area (Å²) < 4.78 is 9.83. The zero-order valence-electron chi connectivity index (χ0n) is 10.6. The van der Waals surface area contributed by atoms with Gasteiger partial charge in [0.1, 0.15) is 12.1 Å². The second-order valence-electron chi connectivity index (χ2n) is 4.93. The summed E-state index contributed by atoms with van der Waals surface area (Å²) in [6, 6.07) is 0. The molecule has 0 aromatic heterocycles. The van der Waals surface area contributed by atoms with Crippen molar-refractivity contribution in [2.75, 3.05) is 13.2 Å². The number of carbonyl (C=O) groups is 2. The maximum Gasteiger partial charge on any atom is 0.408 e. The van der Waals surface area contributed by atoms with Crippen LogP contribution in [0, 0.1) is 5.92 Å². The van der Waals surface area contributed by atoms with E-state index in [9.17, 15) is 9.59 Å². The summed E-state index contributed by atoms with van der Waals surface area (Å²) in [5.74, 6) is -0.176. The van der Waals surface area contributed by atoms with E-state index >= 15 is 0 Å². The van der Waals surface area contributed by atoms with Crippen molar-refractivity contribution < 1.29 is 19.1 Å². The highest BCUT2D eigenvalue weighted by molar-refractivity contribution is 5.77. The van der Waals surface area contributed by atoms with Crippen molar-refractivity contribution in [1.82, 2.24) is 5.32 Å². The third kappa shape index (κ3) is 9.30. The van der Waals surface area contributed by atoms with Crippen molar-refractivity contribution in [3.05, 3.63) is 0 Å². The Morgan fingerprint density at radius 2 is 1.81 bits per heavy atom. The van der Waals surface area contributed by atoms with Gasteiger partial charge in [-0.2, -0.15) is 0 Å². The quantitative estimate of drug-likeness (QED) is 0.748. The molecule has 0 radical (unpaired) electrons. The summed E-state index contributed by atoms with van der Waals surface area (Å²) in [5.41, 5.74) is -0.564. The lowest BCUT2D eigenvalue weighted by Crippen LogP contribution is -2.36. The highest BCUT2D eigenvalue weighted by atomic mass is 16.6. The summed E-state index contributed by atoms with van der Waals surface area (Å²) in [7, 11) is 0. The Bertz CT molecular complexity index is 243. The molecule has 16 heavy (non-hydrogen) atoms. The fourth-order valence-corrected chi connectivity index (χ4v) is 0.769. The van der Waals surface area contributed by atoms with Gasteiger partial charge < -0.3 is 14.8 Å². The van der Waals surface area contributed by atoms with E-state index in [1.165, 1.54) is 0 Å². The number of alkyl carbamates (subject to hydrolysis) is 1. The number of amides is 1. The van der Waals surface area contributed by atoms with Gasteiger partial charge >= 0.3 is 12.1 Å². The molecule has 0 bridgehead atoms. The van der Waals surface area contributed by atoms with Crippen LogP contribution in [0.3, 0.4) is 0 Å². The first kappa shape index (κ1) is 14.7. The molecule has 1 amide bonds. The van der Waals surface area contributed by atoms with E-state index in [2.05, 4.69) is 5.32 Å². The number of carbonyl (C=O) groups excluding carboxylic acids is 2. The van der Waals surface area contributed by atoms with Crippen LogP contribution >= 0.6 is 0 Å². The molecule has 0 aliphatic heterocycles. The Kier molecular flexibility index (Phi) is 5.85. The molecule has 1 N–H and O–H groups in total. The van der Waals surface area contributed by atoms with Crippen LogP contribution in [0.2, 0.25) is 0 Å². The third-order valence-corrected chi connectivity index (χ3v) is 1.35. The first-order valence-electron chi connectivity index (χ1n) is 5.33. The van der Waals surface area contributed by atoms with Crippen molar-refractivity contribution in [3.63, 3.8) is 0 Å². The van der Waals surface area contributed by atoms with Crippen LogP contribution in [0.15, 0.2) is 0 Å². The molecule has 0 atom stereocenters. The predicted octanol–water partition coefficient (Wildman–Crippen LogP) is 1.71. The molecular weight excluding hydrogens is 210 g/mol. The van der Waals surface area contributed by atoms with Crippen LogP contribution in [0.25, 0.3) is 0 Å². The van der Waals surface area contributed by atoms with Gasteiger partial charge in [-0.15, -0.1) is 0 Å². The molecule has 0 aromatic carbocycles. The van der Waals surface area contributed by atoms with Crippen molar-refractivity contribution >= 4 is 12.1 Å². The fraction of sp³-hybridized carbons (Fsp3) is 0.818. The van der Waals surface area contributed by atoms with E-state index in [4.69, 9.17) is 9.47 Å². The second kappa shape index (κ2) is 6.35. The predicted molar refractivity (Wildman–Crippen MR) is 60.0 cm³/mol. The largest absolute Gasteiger partial charge is 0.464 e. The molecule has 0 spiro atoms. The van der Waals surface area contributed by atoms with Crippen LogP contribution in [0.1, 0.15) is 34.6 Å². The zero-order valence-corrected chi connectivity index (χ0v) is 10.6. The smallest absolute Gasteiger partial charge is 0.408 e. The molecule has 0 heterocycles. The van der Waals surface area contributed by atoms with E-state index in [-0.39, 0.29) is 12.5 Å². The number of nitrogens with one attached hydrogen (secondary N) is 1. The van der Waals surface area contributed by atoms with Gasteiger partial charge in [-0.05, 0) is 26.7 Å². The van der Waals surface area contributed by atoms with Gasteiger partial charge in [-0.3, -0.25) is 4.79 Å². The van der Waals surface area contributed by atoms with Crippen molar-refractivity contribution in [1.29, 1.82) is 0 Å².